The van der Waals surface area contributed by atoms with Crippen molar-refractivity contribution in [3.63, 3.8) is 0 Å². The third kappa shape index (κ3) is 6.03. The topological polar surface area (TPSA) is 82.2 Å². The fourth-order valence-electron chi connectivity index (χ4n) is 2.94. The molecule has 0 unspecified atom stereocenters. The van der Waals surface area contributed by atoms with Crippen LogP contribution in [0.1, 0.15) is 13.3 Å². The highest BCUT2D eigenvalue weighted by atomic mass is 35.5. The molecule has 1 fully saturated rings. The van der Waals surface area contributed by atoms with Crippen molar-refractivity contribution in [3.8, 4) is 0 Å². The summed E-state index contributed by atoms with van der Waals surface area (Å²) in [5, 5.41) is 0.737. The molecule has 1 saturated heterocycles. The second kappa shape index (κ2) is 9.43. The number of benzene rings is 1. The van der Waals surface area contributed by atoms with Gasteiger partial charge < -0.3 is 15.5 Å². The number of rotatable bonds is 7. The van der Waals surface area contributed by atoms with Crippen LogP contribution in [0.2, 0.25) is 5.02 Å². The van der Waals surface area contributed by atoms with Crippen LogP contribution in [-0.4, -0.2) is 75.7 Å². The van der Waals surface area contributed by atoms with Crippen LogP contribution in [0.25, 0.3) is 0 Å². The highest BCUT2D eigenvalue weighted by molar-refractivity contribution is 7.88. The average Bonchev–Trinajstić information content (AvgIpc) is 2.61. The molecule has 2 rings (SSSR count). The molecule has 0 bridgehead atoms. The first-order valence-electron chi connectivity index (χ1n) is 8.81. The SMILES string of the molecule is CCN(CCCN=C(N)N1CCN(c2ccc(Cl)cc2)CC1)S(C)(=O)=O. The van der Waals surface area contributed by atoms with Gasteiger partial charge >= 0.3 is 0 Å². The summed E-state index contributed by atoms with van der Waals surface area (Å²) in [5.41, 5.74) is 7.25. The first kappa shape index (κ1) is 20.8. The van der Waals surface area contributed by atoms with Crippen LogP contribution in [0.5, 0.6) is 0 Å². The molecule has 0 atom stereocenters. The third-order valence-corrected chi connectivity index (χ3v) is 6.09. The van der Waals surface area contributed by atoms with Crippen LogP contribution in [-0.2, 0) is 10.0 Å². The van der Waals surface area contributed by atoms with Gasteiger partial charge in [-0.3, -0.25) is 4.99 Å². The van der Waals surface area contributed by atoms with Crippen LogP contribution >= 0.6 is 11.6 Å². The molecule has 0 saturated carbocycles. The molecular formula is C17H28ClN5O2S. The summed E-state index contributed by atoms with van der Waals surface area (Å²) in [6.07, 6.45) is 1.89. The van der Waals surface area contributed by atoms with E-state index in [2.05, 4.69) is 14.8 Å². The lowest BCUT2D eigenvalue weighted by molar-refractivity contribution is 0.380. The number of nitrogens with two attached hydrogens (primary N) is 1. The molecule has 0 spiro atoms. The molecule has 0 aliphatic carbocycles. The van der Waals surface area contributed by atoms with E-state index in [1.165, 1.54) is 10.6 Å². The number of aliphatic imine (C=N–C) groups is 1. The molecule has 1 aliphatic rings. The quantitative estimate of drug-likeness (QED) is 0.424. The fraction of sp³-hybridized carbons (Fsp3) is 0.588. The summed E-state index contributed by atoms with van der Waals surface area (Å²) < 4.78 is 24.5. The molecule has 1 heterocycles. The molecule has 26 heavy (non-hydrogen) atoms. The molecule has 1 aromatic rings. The van der Waals surface area contributed by atoms with Gasteiger partial charge in [0, 0.05) is 56.5 Å². The second-order valence-electron chi connectivity index (χ2n) is 6.30. The predicted octanol–water partition coefficient (Wildman–Crippen LogP) is 1.45. The lowest BCUT2D eigenvalue weighted by atomic mass is 10.2. The Balaban J connectivity index is 1.77. The summed E-state index contributed by atoms with van der Waals surface area (Å²) in [6.45, 7) is 6.66. The van der Waals surface area contributed by atoms with Crippen LogP contribution in [0, 0.1) is 0 Å². The van der Waals surface area contributed by atoms with Crippen LogP contribution in [0.4, 0.5) is 5.69 Å². The Morgan fingerprint density at radius 1 is 1.23 bits per heavy atom. The van der Waals surface area contributed by atoms with Crippen molar-refractivity contribution >= 4 is 33.3 Å². The Morgan fingerprint density at radius 3 is 2.38 bits per heavy atom. The average molecular weight is 402 g/mol. The number of nitrogens with zero attached hydrogens (tertiary/aromatic N) is 4. The number of guanidine groups is 1. The van der Waals surface area contributed by atoms with E-state index in [4.69, 9.17) is 17.3 Å². The van der Waals surface area contributed by atoms with Crippen molar-refractivity contribution in [2.75, 3.05) is 57.0 Å². The highest BCUT2D eigenvalue weighted by Gasteiger charge is 2.18. The van der Waals surface area contributed by atoms with E-state index in [0.717, 1.165) is 36.9 Å². The van der Waals surface area contributed by atoms with Gasteiger partial charge in [0.1, 0.15) is 0 Å². The largest absolute Gasteiger partial charge is 0.370 e. The van der Waals surface area contributed by atoms with Gasteiger partial charge in [0.2, 0.25) is 10.0 Å². The minimum absolute atomic E-state index is 0.469. The van der Waals surface area contributed by atoms with Crippen molar-refractivity contribution < 1.29 is 8.42 Å². The first-order valence-corrected chi connectivity index (χ1v) is 11.0. The molecule has 2 N–H and O–H groups in total. The van der Waals surface area contributed by atoms with E-state index in [1.807, 2.05) is 31.2 Å². The smallest absolute Gasteiger partial charge is 0.211 e. The van der Waals surface area contributed by atoms with Crippen LogP contribution in [0.3, 0.4) is 0 Å². The number of hydrogen-bond donors (Lipinski definition) is 1. The molecule has 0 amide bonds. The number of piperazine rings is 1. The maximum Gasteiger partial charge on any atom is 0.211 e. The lowest BCUT2D eigenvalue weighted by Gasteiger charge is -2.36. The first-order chi connectivity index (χ1) is 12.3. The van der Waals surface area contributed by atoms with Gasteiger partial charge in [0.05, 0.1) is 6.26 Å². The molecule has 1 aromatic carbocycles. The van der Waals surface area contributed by atoms with Crippen molar-refractivity contribution in [1.29, 1.82) is 0 Å². The number of anilines is 1. The van der Waals surface area contributed by atoms with Gasteiger partial charge in [0.15, 0.2) is 5.96 Å². The van der Waals surface area contributed by atoms with Gasteiger partial charge in [0.25, 0.3) is 0 Å². The molecule has 0 aromatic heterocycles. The highest BCUT2D eigenvalue weighted by Crippen LogP contribution is 2.19. The van der Waals surface area contributed by atoms with Crippen molar-refractivity contribution in [3.05, 3.63) is 29.3 Å². The van der Waals surface area contributed by atoms with E-state index in [9.17, 15) is 8.42 Å². The molecule has 0 radical (unpaired) electrons. The zero-order valence-corrected chi connectivity index (χ0v) is 17.0. The van der Waals surface area contributed by atoms with Crippen molar-refractivity contribution in [1.82, 2.24) is 9.21 Å². The fourth-order valence-corrected chi connectivity index (χ4v) is 4.00. The summed E-state index contributed by atoms with van der Waals surface area (Å²) >= 11 is 5.93. The van der Waals surface area contributed by atoms with Crippen LogP contribution in [0.15, 0.2) is 29.3 Å². The van der Waals surface area contributed by atoms with Gasteiger partial charge in [-0.05, 0) is 30.7 Å². The van der Waals surface area contributed by atoms with Gasteiger partial charge in [-0.15, -0.1) is 0 Å². The summed E-state index contributed by atoms with van der Waals surface area (Å²) in [5.74, 6) is 0.531. The van der Waals surface area contributed by atoms with Crippen molar-refractivity contribution in [2.45, 2.75) is 13.3 Å². The maximum atomic E-state index is 11.5. The van der Waals surface area contributed by atoms with E-state index >= 15 is 0 Å². The van der Waals surface area contributed by atoms with Gasteiger partial charge in [-0.25, -0.2) is 12.7 Å². The molecular weight excluding hydrogens is 374 g/mol. The zero-order valence-electron chi connectivity index (χ0n) is 15.4. The van der Waals surface area contributed by atoms with E-state index in [1.54, 1.807) is 0 Å². The maximum absolute atomic E-state index is 11.5. The standard InChI is InChI=1S/C17H28ClN5O2S/c1-3-23(26(2,24)25)10-4-9-20-17(19)22-13-11-21(12-14-22)16-7-5-15(18)6-8-16/h5-8H,3-4,9-14H2,1-2H3,(H2,19,20). The Morgan fingerprint density at radius 2 is 1.85 bits per heavy atom. The lowest BCUT2D eigenvalue weighted by Crippen LogP contribution is -2.51. The summed E-state index contributed by atoms with van der Waals surface area (Å²) in [6, 6.07) is 7.84. The normalized spacial score (nSPS) is 16.4. The Bertz CT molecular complexity index is 700. The van der Waals surface area contributed by atoms with E-state index < -0.39 is 10.0 Å². The summed E-state index contributed by atoms with van der Waals surface area (Å²) in [7, 11) is -3.14. The van der Waals surface area contributed by atoms with Gasteiger partial charge in [-0.2, -0.15) is 0 Å². The number of hydrogen-bond acceptors (Lipinski definition) is 4. The minimum atomic E-state index is -3.14. The second-order valence-corrected chi connectivity index (χ2v) is 8.72. The zero-order chi connectivity index (χ0) is 19.2. The van der Waals surface area contributed by atoms with E-state index in [-0.39, 0.29) is 0 Å². The number of halogens is 1. The Labute approximate surface area is 161 Å². The molecule has 1 aliphatic heterocycles. The predicted molar refractivity (Wildman–Crippen MR) is 108 cm³/mol. The Hall–Kier alpha value is -1.51. The van der Waals surface area contributed by atoms with Crippen LogP contribution < -0.4 is 10.6 Å². The van der Waals surface area contributed by atoms with Gasteiger partial charge in [-0.1, -0.05) is 18.5 Å². The third-order valence-electron chi connectivity index (χ3n) is 4.46. The Kier molecular flexibility index (Phi) is 7.55. The number of sulfonamides is 1. The molecule has 146 valence electrons. The van der Waals surface area contributed by atoms with Crippen molar-refractivity contribution in [2.24, 2.45) is 10.7 Å². The minimum Gasteiger partial charge on any atom is -0.370 e. The monoisotopic (exact) mass is 401 g/mol. The molecule has 7 nitrogen and oxygen atoms in total. The molecule has 9 heteroatoms. The van der Waals surface area contributed by atoms with E-state index in [0.29, 0.717) is 32.0 Å². The summed E-state index contributed by atoms with van der Waals surface area (Å²) in [4.78, 5) is 8.78.